The normalized spacial score (nSPS) is 15.9. The predicted octanol–water partition coefficient (Wildman–Crippen LogP) is 2.30. The SMILES string of the molecule is CCCNC(CO)COc1ccc2c(c1)CCCC2. The lowest BCUT2D eigenvalue weighted by molar-refractivity contribution is 0.183. The number of aliphatic hydroxyl groups is 1. The lowest BCUT2D eigenvalue weighted by Crippen LogP contribution is -2.38. The minimum atomic E-state index is 0.0241. The average Bonchev–Trinajstić information content (AvgIpc) is 2.47. The smallest absolute Gasteiger partial charge is 0.119 e. The van der Waals surface area contributed by atoms with E-state index in [-0.39, 0.29) is 12.6 Å². The van der Waals surface area contributed by atoms with Gasteiger partial charge in [0.2, 0.25) is 0 Å². The van der Waals surface area contributed by atoms with E-state index in [2.05, 4.69) is 30.4 Å². The van der Waals surface area contributed by atoms with Gasteiger partial charge in [0.15, 0.2) is 0 Å². The molecule has 1 aromatic carbocycles. The van der Waals surface area contributed by atoms with Gasteiger partial charge in [-0.3, -0.25) is 0 Å². The molecule has 2 rings (SSSR count). The highest BCUT2D eigenvalue weighted by molar-refractivity contribution is 5.37. The standard InChI is InChI=1S/C16H25NO2/c1-2-9-17-15(11-18)12-19-16-8-7-13-5-3-4-6-14(13)10-16/h7-8,10,15,17-18H,2-6,9,11-12H2,1H3. The van der Waals surface area contributed by atoms with E-state index in [0.29, 0.717) is 6.61 Å². The summed E-state index contributed by atoms with van der Waals surface area (Å²) in [7, 11) is 0. The zero-order valence-electron chi connectivity index (χ0n) is 11.8. The van der Waals surface area contributed by atoms with Gasteiger partial charge in [-0.2, -0.15) is 0 Å². The molecule has 1 aliphatic carbocycles. The Bertz CT molecular complexity index is 392. The Balaban J connectivity index is 1.88. The van der Waals surface area contributed by atoms with E-state index in [1.165, 1.54) is 36.8 Å². The third kappa shape index (κ3) is 4.22. The van der Waals surface area contributed by atoms with Crippen LogP contribution >= 0.6 is 0 Å². The number of benzene rings is 1. The number of fused-ring (bicyclic) bond motifs is 1. The molecule has 0 aromatic heterocycles. The van der Waals surface area contributed by atoms with Gasteiger partial charge in [0.05, 0.1) is 12.6 Å². The van der Waals surface area contributed by atoms with E-state index in [1.54, 1.807) is 0 Å². The van der Waals surface area contributed by atoms with Crippen LogP contribution in [0.4, 0.5) is 0 Å². The number of nitrogens with one attached hydrogen (secondary N) is 1. The first kappa shape index (κ1) is 14.4. The molecular weight excluding hydrogens is 238 g/mol. The van der Waals surface area contributed by atoms with Crippen molar-refractivity contribution >= 4 is 0 Å². The van der Waals surface area contributed by atoms with Crippen molar-refractivity contribution in [2.45, 2.75) is 45.1 Å². The quantitative estimate of drug-likeness (QED) is 0.793. The minimum absolute atomic E-state index is 0.0241. The Kier molecular flexibility index (Phi) is 5.67. The molecule has 1 unspecified atom stereocenters. The van der Waals surface area contributed by atoms with E-state index in [0.717, 1.165) is 18.7 Å². The van der Waals surface area contributed by atoms with Gasteiger partial charge in [0.25, 0.3) is 0 Å². The summed E-state index contributed by atoms with van der Waals surface area (Å²) in [6, 6.07) is 6.44. The predicted molar refractivity (Wildman–Crippen MR) is 77.7 cm³/mol. The largest absolute Gasteiger partial charge is 0.492 e. The molecule has 0 saturated heterocycles. The third-order valence-electron chi connectivity index (χ3n) is 3.67. The average molecular weight is 263 g/mol. The molecule has 0 heterocycles. The van der Waals surface area contributed by atoms with Crippen molar-refractivity contribution in [1.29, 1.82) is 0 Å². The second kappa shape index (κ2) is 7.51. The highest BCUT2D eigenvalue weighted by Gasteiger charge is 2.11. The number of ether oxygens (including phenoxy) is 1. The van der Waals surface area contributed by atoms with E-state index in [9.17, 15) is 5.11 Å². The van der Waals surface area contributed by atoms with E-state index >= 15 is 0 Å². The molecule has 2 N–H and O–H groups in total. The summed E-state index contributed by atoms with van der Waals surface area (Å²) in [5.41, 5.74) is 2.91. The molecular formula is C16H25NO2. The van der Waals surface area contributed by atoms with Crippen LogP contribution in [-0.2, 0) is 12.8 Å². The Morgan fingerprint density at radius 3 is 2.79 bits per heavy atom. The Morgan fingerprint density at radius 1 is 1.26 bits per heavy atom. The third-order valence-corrected chi connectivity index (χ3v) is 3.67. The summed E-state index contributed by atoms with van der Waals surface area (Å²) in [5.74, 6) is 0.928. The van der Waals surface area contributed by atoms with Crippen molar-refractivity contribution < 1.29 is 9.84 Å². The van der Waals surface area contributed by atoms with Gasteiger partial charge in [-0.05, 0) is 61.9 Å². The Hall–Kier alpha value is -1.06. The van der Waals surface area contributed by atoms with Crippen molar-refractivity contribution in [3.8, 4) is 5.75 Å². The summed E-state index contributed by atoms with van der Waals surface area (Å²) in [4.78, 5) is 0. The van der Waals surface area contributed by atoms with Crippen LogP contribution in [0.1, 0.15) is 37.3 Å². The maximum Gasteiger partial charge on any atom is 0.119 e. The second-order valence-corrected chi connectivity index (χ2v) is 5.28. The summed E-state index contributed by atoms with van der Waals surface area (Å²) in [6.07, 6.45) is 6.03. The van der Waals surface area contributed by atoms with Gasteiger partial charge in [-0.15, -0.1) is 0 Å². The van der Waals surface area contributed by atoms with Crippen LogP contribution < -0.4 is 10.1 Å². The summed E-state index contributed by atoms with van der Waals surface area (Å²) in [5, 5.41) is 12.6. The first-order valence-electron chi connectivity index (χ1n) is 7.42. The molecule has 19 heavy (non-hydrogen) atoms. The molecule has 1 aromatic rings. The molecule has 0 fully saturated rings. The second-order valence-electron chi connectivity index (χ2n) is 5.28. The molecule has 3 heteroatoms. The lowest BCUT2D eigenvalue weighted by Gasteiger charge is -2.19. The number of aliphatic hydroxyl groups excluding tert-OH is 1. The summed E-state index contributed by atoms with van der Waals surface area (Å²) in [6.45, 7) is 3.67. The van der Waals surface area contributed by atoms with Gasteiger partial charge < -0.3 is 15.2 Å². The van der Waals surface area contributed by atoms with Gasteiger partial charge in [-0.1, -0.05) is 13.0 Å². The molecule has 106 valence electrons. The molecule has 3 nitrogen and oxygen atoms in total. The molecule has 0 saturated carbocycles. The highest BCUT2D eigenvalue weighted by atomic mass is 16.5. The number of hydrogen-bond donors (Lipinski definition) is 2. The van der Waals surface area contributed by atoms with Gasteiger partial charge in [0, 0.05) is 0 Å². The summed E-state index contributed by atoms with van der Waals surface area (Å²) >= 11 is 0. The zero-order valence-corrected chi connectivity index (χ0v) is 11.8. The lowest BCUT2D eigenvalue weighted by atomic mass is 9.92. The maximum absolute atomic E-state index is 9.28. The van der Waals surface area contributed by atoms with Gasteiger partial charge in [-0.25, -0.2) is 0 Å². The van der Waals surface area contributed by atoms with Gasteiger partial charge in [0.1, 0.15) is 12.4 Å². The maximum atomic E-state index is 9.28. The molecule has 0 amide bonds. The fourth-order valence-corrected chi connectivity index (χ4v) is 2.52. The monoisotopic (exact) mass is 263 g/mol. The van der Waals surface area contributed by atoms with Crippen molar-refractivity contribution in [3.63, 3.8) is 0 Å². The molecule has 0 spiro atoms. The van der Waals surface area contributed by atoms with Crippen molar-refractivity contribution in [2.24, 2.45) is 0 Å². The summed E-state index contributed by atoms with van der Waals surface area (Å²) < 4.78 is 5.80. The fourth-order valence-electron chi connectivity index (χ4n) is 2.52. The van der Waals surface area contributed by atoms with Crippen molar-refractivity contribution in [3.05, 3.63) is 29.3 Å². The zero-order chi connectivity index (χ0) is 13.5. The first-order chi connectivity index (χ1) is 9.33. The number of aryl methyl sites for hydroxylation is 2. The molecule has 0 bridgehead atoms. The van der Waals surface area contributed by atoms with E-state index < -0.39 is 0 Å². The van der Waals surface area contributed by atoms with Crippen LogP contribution in [0.5, 0.6) is 5.75 Å². The van der Waals surface area contributed by atoms with Crippen LogP contribution in [0.3, 0.4) is 0 Å². The number of rotatable bonds is 7. The Morgan fingerprint density at radius 2 is 2.05 bits per heavy atom. The van der Waals surface area contributed by atoms with Crippen LogP contribution in [0.2, 0.25) is 0 Å². The molecule has 1 aliphatic rings. The molecule has 0 aliphatic heterocycles. The number of hydrogen-bond acceptors (Lipinski definition) is 3. The van der Waals surface area contributed by atoms with Crippen molar-refractivity contribution in [1.82, 2.24) is 5.32 Å². The fraction of sp³-hybridized carbons (Fsp3) is 0.625. The van der Waals surface area contributed by atoms with Gasteiger partial charge >= 0.3 is 0 Å². The molecule has 1 atom stereocenters. The topological polar surface area (TPSA) is 41.5 Å². The van der Waals surface area contributed by atoms with E-state index in [4.69, 9.17) is 4.74 Å². The van der Waals surface area contributed by atoms with Crippen LogP contribution in [0, 0.1) is 0 Å². The van der Waals surface area contributed by atoms with Crippen LogP contribution in [0.15, 0.2) is 18.2 Å². The highest BCUT2D eigenvalue weighted by Crippen LogP contribution is 2.25. The molecule has 0 radical (unpaired) electrons. The van der Waals surface area contributed by atoms with Crippen LogP contribution in [-0.4, -0.2) is 30.9 Å². The van der Waals surface area contributed by atoms with Crippen LogP contribution in [0.25, 0.3) is 0 Å². The minimum Gasteiger partial charge on any atom is -0.492 e. The van der Waals surface area contributed by atoms with E-state index in [1.807, 2.05) is 0 Å². The Labute approximate surface area is 116 Å². The first-order valence-corrected chi connectivity index (χ1v) is 7.42. The van der Waals surface area contributed by atoms with Crippen molar-refractivity contribution in [2.75, 3.05) is 19.8 Å².